The Kier molecular flexibility index (Phi) is 7.08. The van der Waals surface area contributed by atoms with Crippen molar-refractivity contribution in [1.29, 1.82) is 0 Å². The normalized spacial score (nSPS) is 17.3. The summed E-state index contributed by atoms with van der Waals surface area (Å²) in [4.78, 5) is 22.5. The van der Waals surface area contributed by atoms with Crippen molar-refractivity contribution in [3.8, 4) is 11.5 Å². The molecule has 2 N–H and O–H groups in total. The second-order valence-electron chi connectivity index (χ2n) is 6.53. The number of aryl methyl sites for hydroxylation is 1. The predicted octanol–water partition coefficient (Wildman–Crippen LogP) is 2.98. The lowest BCUT2D eigenvalue weighted by molar-refractivity contribution is -0.138. The second-order valence-corrected chi connectivity index (χ2v) is 7.72. The number of aliphatic carboxylic acids is 1. The summed E-state index contributed by atoms with van der Waals surface area (Å²) in [5.41, 5.74) is 2.97. The summed E-state index contributed by atoms with van der Waals surface area (Å²) in [7, 11) is 1.56. The van der Waals surface area contributed by atoms with Gasteiger partial charge in [-0.25, -0.2) is 0 Å². The molecule has 1 fully saturated rings. The van der Waals surface area contributed by atoms with Crippen LogP contribution in [0.1, 0.15) is 23.1 Å². The number of hydrogen-bond acceptors (Lipinski definition) is 7. The number of carboxylic acids is 1. The molecular weight excluding hydrogens is 406 g/mol. The highest BCUT2D eigenvalue weighted by atomic mass is 32.2. The van der Waals surface area contributed by atoms with E-state index in [1.807, 2.05) is 31.2 Å². The smallest absolute Gasteiger partial charge is 0.305 e. The van der Waals surface area contributed by atoms with Crippen LogP contribution in [0.15, 0.2) is 52.7 Å². The molecule has 30 heavy (non-hydrogen) atoms. The van der Waals surface area contributed by atoms with Gasteiger partial charge in [-0.2, -0.15) is 5.10 Å². The van der Waals surface area contributed by atoms with Crippen LogP contribution in [0.2, 0.25) is 0 Å². The number of carbonyl (C=O) groups is 2. The number of nitrogens with one attached hydrogen (secondary N) is 1. The van der Waals surface area contributed by atoms with Gasteiger partial charge in [-0.3, -0.25) is 9.59 Å². The van der Waals surface area contributed by atoms with Gasteiger partial charge in [0.2, 0.25) is 5.91 Å². The molecule has 156 valence electrons. The van der Waals surface area contributed by atoms with E-state index in [1.165, 1.54) is 11.8 Å². The van der Waals surface area contributed by atoms with Gasteiger partial charge >= 0.3 is 5.97 Å². The molecule has 1 aliphatic heterocycles. The third-order valence-electron chi connectivity index (χ3n) is 4.16. The molecule has 1 amide bonds. The fourth-order valence-electron chi connectivity index (χ4n) is 2.74. The van der Waals surface area contributed by atoms with E-state index in [0.717, 1.165) is 22.9 Å². The highest BCUT2D eigenvalue weighted by Gasteiger charge is 2.32. The minimum atomic E-state index is -1.04. The van der Waals surface area contributed by atoms with Crippen LogP contribution in [0.3, 0.4) is 0 Å². The van der Waals surface area contributed by atoms with Crippen molar-refractivity contribution in [3.05, 3.63) is 59.2 Å². The van der Waals surface area contributed by atoms with Crippen molar-refractivity contribution in [3.63, 3.8) is 0 Å². The zero-order valence-electron chi connectivity index (χ0n) is 16.5. The monoisotopic (exact) mass is 427 g/mol. The van der Waals surface area contributed by atoms with Crippen LogP contribution in [0.4, 0.5) is 0 Å². The Labute approximate surface area is 178 Å². The van der Waals surface area contributed by atoms with Gasteiger partial charge in [0.25, 0.3) is 0 Å². The molecule has 1 unspecified atom stereocenters. The van der Waals surface area contributed by atoms with E-state index in [0.29, 0.717) is 18.1 Å². The van der Waals surface area contributed by atoms with E-state index in [4.69, 9.17) is 14.6 Å². The minimum Gasteiger partial charge on any atom is -0.493 e. The molecule has 0 bridgehead atoms. The molecule has 9 heteroatoms. The molecular formula is C21H21N3O5S. The summed E-state index contributed by atoms with van der Waals surface area (Å²) in [5.74, 6) is -0.251. The van der Waals surface area contributed by atoms with Crippen molar-refractivity contribution in [1.82, 2.24) is 5.32 Å². The lowest BCUT2D eigenvalue weighted by atomic mass is 10.1. The maximum atomic E-state index is 11.7. The number of rotatable bonds is 8. The molecule has 1 saturated heterocycles. The lowest BCUT2D eigenvalue weighted by Crippen LogP contribution is -2.26. The van der Waals surface area contributed by atoms with Crippen LogP contribution in [0.25, 0.3) is 0 Å². The van der Waals surface area contributed by atoms with Crippen molar-refractivity contribution < 1.29 is 24.2 Å². The van der Waals surface area contributed by atoms with Crippen LogP contribution >= 0.6 is 11.8 Å². The quantitative estimate of drug-likeness (QED) is 0.495. The molecule has 2 aromatic carbocycles. The number of nitrogens with zero attached hydrogens (tertiary/aromatic N) is 2. The molecule has 0 spiro atoms. The number of amides is 1. The molecule has 0 aliphatic carbocycles. The van der Waals surface area contributed by atoms with Crippen molar-refractivity contribution in [2.24, 2.45) is 10.2 Å². The Morgan fingerprint density at radius 3 is 2.83 bits per heavy atom. The average Bonchev–Trinajstić information content (AvgIpc) is 3.05. The van der Waals surface area contributed by atoms with Crippen molar-refractivity contribution >= 4 is 35.0 Å². The molecule has 0 aromatic heterocycles. The zero-order valence-corrected chi connectivity index (χ0v) is 17.3. The standard InChI is InChI=1S/C21H21N3O5S/c1-13-4-3-5-15(8-13)12-29-16-7-6-14(9-17(16)28-2)11-22-24-21-23-20(27)18(30-21)10-19(25)26/h3-9,11,18H,10,12H2,1-2H3,(H,25,26)(H,23,24,27). The summed E-state index contributed by atoms with van der Waals surface area (Å²) < 4.78 is 11.3. The van der Waals surface area contributed by atoms with Gasteiger partial charge in [-0.05, 0) is 36.2 Å². The Morgan fingerprint density at radius 1 is 1.27 bits per heavy atom. The van der Waals surface area contributed by atoms with Crippen LogP contribution < -0.4 is 14.8 Å². The molecule has 0 saturated carbocycles. The minimum absolute atomic E-state index is 0.263. The van der Waals surface area contributed by atoms with Gasteiger partial charge in [0.15, 0.2) is 16.7 Å². The van der Waals surface area contributed by atoms with Crippen LogP contribution in [-0.2, 0) is 16.2 Å². The third kappa shape index (κ3) is 5.84. The largest absolute Gasteiger partial charge is 0.493 e. The van der Waals surface area contributed by atoms with E-state index in [2.05, 4.69) is 21.6 Å². The number of ether oxygens (including phenoxy) is 2. The second kappa shape index (κ2) is 9.93. The summed E-state index contributed by atoms with van der Waals surface area (Å²) in [5, 5.41) is 18.8. The summed E-state index contributed by atoms with van der Waals surface area (Å²) in [6, 6.07) is 13.4. The number of hydrogen-bond donors (Lipinski definition) is 2. The first kappa shape index (κ1) is 21.4. The Morgan fingerprint density at radius 2 is 2.10 bits per heavy atom. The van der Waals surface area contributed by atoms with E-state index < -0.39 is 11.2 Å². The van der Waals surface area contributed by atoms with E-state index in [9.17, 15) is 9.59 Å². The first-order chi connectivity index (χ1) is 14.4. The Hall–Kier alpha value is -3.33. The van der Waals surface area contributed by atoms with Crippen molar-refractivity contribution in [2.45, 2.75) is 25.2 Å². The van der Waals surface area contributed by atoms with Crippen molar-refractivity contribution in [2.75, 3.05) is 7.11 Å². The van der Waals surface area contributed by atoms with Gasteiger partial charge in [0, 0.05) is 0 Å². The zero-order chi connectivity index (χ0) is 21.5. The van der Waals surface area contributed by atoms with Gasteiger partial charge in [-0.1, -0.05) is 41.6 Å². The van der Waals surface area contributed by atoms with Gasteiger partial charge < -0.3 is 19.9 Å². The maximum absolute atomic E-state index is 11.7. The number of thioether (sulfide) groups is 1. The number of carbonyl (C=O) groups excluding carboxylic acids is 1. The van der Waals surface area contributed by atoms with Crippen LogP contribution in [0.5, 0.6) is 11.5 Å². The summed E-state index contributed by atoms with van der Waals surface area (Å²) >= 11 is 1.05. The Bertz CT molecular complexity index is 1010. The summed E-state index contributed by atoms with van der Waals surface area (Å²) in [6.45, 7) is 2.46. The highest BCUT2D eigenvalue weighted by molar-refractivity contribution is 8.15. The topological polar surface area (TPSA) is 110 Å². The number of benzene rings is 2. The number of carboxylic acid groups (broad SMARTS) is 1. The predicted molar refractivity (Wildman–Crippen MR) is 115 cm³/mol. The van der Waals surface area contributed by atoms with E-state index in [-0.39, 0.29) is 17.5 Å². The van der Waals surface area contributed by atoms with Crippen LogP contribution in [-0.4, -0.2) is 40.7 Å². The first-order valence-corrected chi connectivity index (χ1v) is 9.99. The number of amidine groups is 1. The van der Waals surface area contributed by atoms with Crippen LogP contribution in [0, 0.1) is 6.92 Å². The summed E-state index contributed by atoms with van der Waals surface area (Å²) in [6.07, 6.45) is 1.25. The molecule has 8 nitrogen and oxygen atoms in total. The van der Waals surface area contributed by atoms with E-state index in [1.54, 1.807) is 19.2 Å². The molecule has 2 aromatic rings. The van der Waals surface area contributed by atoms with Gasteiger partial charge in [0.1, 0.15) is 11.9 Å². The van der Waals surface area contributed by atoms with E-state index >= 15 is 0 Å². The van der Waals surface area contributed by atoms with Gasteiger partial charge in [-0.15, -0.1) is 5.10 Å². The molecule has 1 aliphatic rings. The fraction of sp³-hybridized carbons (Fsp3) is 0.238. The fourth-order valence-corrected chi connectivity index (χ4v) is 3.66. The SMILES string of the molecule is COc1cc(C=NN=C2NC(=O)C(CC(=O)O)S2)ccc1OCc1cccc(C)c1. The number of methoxy groups -OCH3 is 1. The average molecular weight is 427 g/mol. The maximum Gasteiger partial charge on any atom is 0.305 e. The lowest BCUT2D eigenvalue weighted by Gasteiger charge is -2.11. The highest BCUT2D eigenvalue weighted by Crippen LogP contribution is 2.28. The van der Waals surface area contributed by atoms with Gasteiger partial charge in [0.05, 0.1) is 19.7 Å². The molecule has 1 atom stereocenters. The molecule has 0 radical (unpaired) electrons. The molecule has 3 rings (SSSR count). The first-order valence-electron chi connectivity index (χ1n) is 9.11. The third-order valence-corrected chi connectivity index (χ3v) is 5.23. The molecule has 1 heterocycles. The Balaban J connectivity index is 1.63.